The van der Waals surface area contributed by atoms with Crippen molar-refractivity contribution >= 4 is 11.3 Å². The molecule has 0 spiro atoms. The third-order valence-electron chi connectivity index (χ3n) is 2.31. The number of hydrogen-bond donors (Lipinski definition) is 1. The van der Waals surface area contributed by atoms with Crippen LogP contribution in [-0.2, 0) is 4.74 Å². The minimum absolute atomic E-state index is 0.221. The molecular formula is C11H16N4O. The van der Waals surface area contributed by atoms with E-state index >= 15 is 0 Å². The van der Waals surface area contributed by atoms with Crippen LogP contribution in [0.2, 0.25) is 0 Å². The van der Waals surface area contributed by atoms with Gasteiger partial charge in [-0.15, -0.1) is 0 Å². The molecule has 0 aliphatic heterocycles. The first-order valence-corrected chi connectivity index (χ1v) is 5.27. The zero-order valence-corrected chi connectivity index (χ0v) is 9.77. The van der Waals surface area contributed by atoms with Crippen LogP contribution in [0.5, 0.6) is 0 Å². The van der Waals surface area contributed by atoms with Gasteiger partial charge in [0.1, 0.15) is 5.52 Å². The Bertz CT molecular complexity index is 480. The van der Waals surface area contributed by atoms with Gasteiger partial charge >= 0.3 is 0 Å². The van der Waals surface area contributed by atoms with E-state index in [1.54, 1.807) is 13.3 Å². The van der Waals surface area contributed by atoms with Crippen molar-refractivity contribution < 1.29 is 4.74 Å². The summed E-state index contributed by atoms with van der Waals surface area (Å²) >= 11 is 0. The van der Waals surface area contributed by atoms with Gasteiger partial charge in [0.05, 0.1) is 12.3 Å². The second-order valence-electron chi connectivity index (χ2n) is 3.89. The molecule has 0 radical (unpaired) electrons. The molecule has 1 N–H and O–H groups in total. The lowest BCUT2D eigenvalue weighted by atomic mass is 10.3. The lowest BCUT2D eigenvalue weighted by Crippen LogP contribution is -2.21. The van der Waals surface area contributed by atoms with Gasteiger partial charge in [-0.05, 0) is 19.9 Å². The van der Waals surface area contributed by atoms with E-state index in [1.807, 2.05) is 23.7 Å². The van der Waals surface area contributed by atoms with Gasteiger partial charge in [0, 0.05) is 25.5 Å². The molecule has 5 nitrogen and oxygen atoms in total. The number of methoxy groups -OCH3 is 1. The average Bonchev–Trinajstić information content (AvgIpc) is 2.60. The van der Waals surface area contributed by atoms with Crippen LogP contribution < -0.4 is 5.32 Å². The molecule has 0 saturated heterocycles. The SMILES string of the molecule is COCC(C)Nc1nccn2nc(C)cc12. The highest BCUT2D eigenvalue weighted by atomic mass is 16.5. The van der Waals surface area contributed by atoms with Crippen molar-refractivity contribution in [3.05, 3.63) is 24.2 Å². The monoisotopic (exact) mass is 220 g/mol. The van der Waals surface area contributed by atoms with Crippen molar-refractivity contribution in [3.8, 4) is 0 Å². The van der Waals surface area contributed by atoms with Crippen molar-refractivity contribution in [2.45, 2.75) is 19.9 Å². The van der Waals surface area contributed by atoms with E-state index in [9.17, 15) is 0 Å². The first kappa shape index (κ1) is 10.9. The summed E-state index contributed by atoms with van der Waals surface area (Å²) < 4.78 is 6.90. The van der Waals surface area contributed by atoms with Crippen LogP contribution in [0, 0.1) is 6.92 Å². The molecule has 1 unspecified atom stereocenters. The van der Waals surface area contributed by atoms with E-state index in [2.05, 4.69) is 22.3 Å². The first-order chi connectivity index (χ1) is 7.70. The summed E-state index contributed by atoms with van der Waals surface area (Å²) in [4.78, 5) is 4.31. The van der Waals surface area contributed by atoms with Crippen molar-refractivity contribution in [1.29, 1.82) is 0 Å². The molecule has 2 rings (SSSR count). The number of hydrogen-bond acceptors (Lipinski definition) is 4. The molecule has 86 valence electrons. The molecule has 0 aromatic carbocycles. The molecular weight excluding hydrogens is 204 g/mol. The predicted octanol–water partition coefficient (Wildman–Crippen LogP) is 1.48. The minimum Gasteiger partial charge on any atom is -0.383 e. The van der Waals surface area contributed by atoms with E-state index < -0.39 is 0 Å². The molecule has 0 fully saturated rings. The molecule has 0 aliphatic rings. The average molecular weight is 220 g/mol. The predicted molar refractivity (Wildman–Crippen MR) is 62.7 cm³/mol. The van der Waals surface area contributed by atoms with Gasteiger partial charge < -0.3 is 10.1 Å². The second kappa shape index (κ2) is 4.49. The number of anilines is 1. The van der Waals surface area contributed by atoms with E-state index in [1.165, 1.54) is 0 Å². The van der Waals surface area contributed by atoms with E-state index in [0.29, 0.717) is 6.61 Å². The molecule has 1 atom stereocenters. The van der Waals surface area contributed by atoms with E-state index in [0.717, 1.165) is 17.0 Å². The second-order valence-corrected chi connectivity index (χ2v) is 3.89. The lowest BCUT2D eigenvalue weighted by molar-refractivity contribution is 0.190. The van der Waals surface area contributed by atoms with Crippen molar-refractivity contribution in [3.63, 3.8) is 0 Å². The Balaban J connectivity index is 2.29. The van der Waals surface area contributed by atoms with Crippen LogP contribution in [0.25, 0.3) is 5.52 Å². The summed E-state index contributed by atoms with van der Waals surface area (Å²) in [6, 6.07) is 2.23. The molecule has 2 heterocycles. The highest BCUT2D eigenvalue weighted by Crippen LogP contribution is 2.15. The van der Waals surface area contributed by atoms with Gasteiger partial charge in [0.15, 0.2) is 5.82 Å². The van der Waals surface area contributed by atoms with Crippen LogP contribution >= 0.6 is 0 Å². The summed E-state index contributed by atoms with van der Waals surface area (Å²) in [5.74, 6) is 0.840. The molecule has 0 bridgehead atoms. The van der Waals surface area contributed by atoms with E-state index in [-0.39, 0.29) is 6.04 Å². The fourth-order valence-electron chi connectivity index (χ4n) is 1.68. The zero-order valence-electron chi connectivity index (χ0n) is 9.77. The van der Waals surface area contributed by atoms with Gasteiger partial charge in [0.2, 0.25) is 0 Å². The number of rotatable bonds is 4. The fourth-order valence-corrected chi connectivity index (χ4v) is 1.68. The molecule has 2 aromatic heterocycles. The highest BCUT2D eigenvalue weighted by molar-refractivity contribution is 5.67. The maximum Gasteiger partial charge on any atom is 0.152 e. The normalized spacial score (nSPS) is 12.9. The first-order valence-electron chi connectivity index (χ1n) is 5.27. The maximum atomic E-state index is 5.08. The molecule has 2 aromatic rings. The number of aryl methyl sites for hydroxylation is 1. The molecule has 0 amide bonds. The Labute approximate surface area is 94.4 Å². The standard InChI is InChI=1S/C11H16N4O/c1-8-6-10-11(13-9(2)7-16-3)12-4-5-15(10)14-8/h4-6,9H,7H2,1-3H3,(H,12,13). The van der Waals surface area contributed by atoms with Gasteiger partial charge in [-0.3, -0.25) is 0 Å². The smallest absolute Gasteiger partial charge is 0.152 e. The van der Waals surface area contributed by atoms with Crippen LogP contribution in [-0.4, -0.2) is 34.4 Å². The van der Waals surface area contributed by atoms with Crippen molar-refractivity contribution in [1.82, 2.24) is 14.6 Å². The maximum absolute atomic E-state index is 5.08. The summed E-state index contributed by atoms with van der Waals surface area (Å²) in [5.41, 5.74) is 1.97. The van der Waals surface area contributed by atoms with Crippen LogP contribution in [0.1, 0.15) is 12.6 Å². The quantitative estimate of drug-likeness (QED) is 0.848. The number of nitrogens with one attached hydrogen (secondary N) is 1. The fraction of sp³-hybridized carbons (Fsp3) is 0.455. The molecule has 0 aliphatic carbocycles. The Hall–Kier alpha value is -1.62. The van der Waals surface area contributed by atoms with Gasteiger partial charge in [-0.2, -0.15) is 5.10 Å². The number of nitrogens with zero attached hydrogens (tertiary/aromatic N) is 3. The van der Waals surface area contributed by atoms with Gasteiger partial charge in [0.25, 0.3) is 0 Å². The summed E-state index contributed by atoms with van der Waals surface area (Å²) in [5, 5.41) is 7.63. The number of fused-ring (bicyclic) bond motifs is 1. The number of ether oxygens (including phenoxy) is 1. The molecule has 0 saturated carbocycles. The lowest BCUT2D eigenvalue weighted by Gasteiger charge is -2.13. The summed E-state index contributed by atoms with van der Waals surface area (Å²) in [6.07, 6.45) is 3.58. The summed E-state index contributed by atoms with van der Waals surface area (Å²) in [6.45, 7) is 4.67. The Morgan fingerprint density at radius 3 is 3.12 bits per heavy atom. The van der Waals surface area contributed by atoms with Crippen LogP contribution in [0.15, 0.2) is 18.5 Å². The molecule has 16 heavy (non-hydrogen) atoms. The van der Waals surface area contributed by atoms with Gasteiger partial charge in [-0.25, -0.2) is 9.50 Å². The topological polar surface area (TPSA) is 51.5 Å². The zero-order chi connectivity index (χ0) is 11.5. The Kier molecular flexibility index (Phi) is 3.05. The largest absolute Gasteiger partial charge is 0.383 e. The molecule has 5 heteroatoms. The van der Waals surface area contributed by atoms with Gasteiger partial charge in [-0.1, -0.05) is 0 Å². The van der Waals surface area contributed by atoms with Crippen molar-refractivity contribution in [2.24, 2.45) is 0 Å². The van der Waals surface area contributed by atoms with Crippen LogP contribution in [0.3, 0.4) is 0 Å². The third-order valence-corrected chi connectivity index (χ3v) is 2.31. The van der Waals surface area contributed by atoms with Crippen LogP contribution in [0.4, 0.5) is 5.82 Å². The number of aromatic nitrogens is 3. The van der Waals surface area contributed by atoms with Crippen molar-refractivity contribution in [2.75, 3.05) is 19.0 Å². The Morgan fingerprint density at radius 2 is 2.38 bits per heavy atom. The minimum atomic E-state index is 0.221. The Morgan fingerprint density at radius 1 is 1.56 bits per heavy atom. The third kappa shape index (κ3) is 2.14. The summed E-state index contributed by atoms with van der Waals surface area (Å²) in [7, 11) is 1.69. The van der Waals surface area contributed by atoms with E-state index in [4.69, 9.17) is 4.74 Å². The highest BCUT2D eigenvalue weighted by Gasteiger charge is 2.07.